The molecule has 0 aliphatic heterocycles. The van der Waals surface area contributed by atoms with Crippen LogP contribution in [-0.4, -0.2) is 12.1 Å². The fraction of sp³-hybridized carbons (Fsp3) is 0.571. The maximum absolute atomic E-state index is 13.1. The van der Waals surface area contributed by atoms with Gasteiger partial charge in [-0.2, -0.15) is 0 Å². The fourth-order valence-electron chi connectivity index (χ4n) is 2.51. The van der Waals surface area contributed by atoms with Crippen molar-refractivity contribution < 1.29 is 4.39 Å². The molecule has 2 nitrogen and oxygen atoms in total. The second kappa shape index (κ2) is 5.61. The second-order valence-electron chi connectivity index (χ2n) is 5.06. The van der Waals surface area contributed by atoms with Crippen molar-refractivity contribution in [3.05, 3.63) is 35.6 Å². The maximum Gasteiger partial charge on any atom is 0.123 e. The van der Waals surface area contributed by atoms with E-state index >= 15 is 0 Å². The molecule has 3 heteroatoms. The van der Waals surface area contributed by atoms with Gasteiger partial charge in [0.05, 0.1) is 0 Å². The normalized spacial score (nSPS) is 26.8. The number of benzene rings is 1. The Morgan fingerprint density at radius 3 is 2.65 bits per heavy atom. The van der Waals surface area contributed by atoms with Gasteiger partial charge in [-0.3, -0.25) is 0 Å². The summed E-state index contributed by atoms with van der Waals surface area (Å²) in [5, 5.41) is 3.56. The average molecular weight is 236 g/mol. The summed E-state index contributed by atoms with van der Waals surface area (Å²) in [6, 6.07) is 7.91. The lowest BCUT2D eigenvalue weighted by molar-refractivity contribution is 0.322. The first-order valence-corrected chi connectivity index (χ1v) is 6.42. The van der Waals surface area contributed by atoms with Gasteiger partial charge in [0.25, 0.3) is 0 Å². The Kier molecular flexibility index (Phi) is 4.13. The summed E-state index contributed by atoms with van der Waals surface area (Å²) in [6.45, 7) is 2.09. The summed E-state index contributed by atoms with van der Waals surface area (Å²) in [7, 11) is 0. The number of nitrogens with one attached hydrogen (secondary N) is 1. The molecular weight excluding hydrogens is 215 g/mol. The van der Waals surface area contributed by atoms with E-state index in [2.05, 4.69) is 12.2 Å². The standard InChI is InChI=1S/C14H21FN2/c1-10(11-3-2-4-12(15)9-11)17-14-7-5-13(16)6-8-14/h2-4,9-10,13-14,17H,5-8,16H2,1H3/t10-,13?,14?/m0/s1. The van der Waals surface area contributed by atoms with E-state index in [0.29, 0.717) is 12.1 Å². The van der Waals surface area contributed by atoms with Gasteiger partial charge in [0.2, 0.25) is 0 Å². The van der Waals surface area contributed by atoms with Crippen LogP contribution in [0.15, 0.2) is 24.3 Å². The van der Waals surface area contributed by atoms with E-state index in [1.54, 1.807) is 12.1 Å². The number of nitrogens with two attached hydrogens (primary N) is 1. The van der Waals surface area contributed by atoms with Crippen LogP contribution in [-0.2, 0) is 0 Å². The van der Waals surface area contributed by atoms with Crippen LogP contribution in [0.5, 0.6) is 0 Å². The van der Waals surface area contributed by atoms with Crippen LogP contribution in [0, 0.1) is 5.82 Å². The first-order chi connectivity index (χ1) is 8.15. The summed E-state index contributed by atoms with van der Waals surface area (Å²) in [6.07, 6.45) is 4.43. The molecule has 0 aromatic heterocycles. The molecule has 1 saturated carbocycles. The van der Waals surface area contributed by atoms with Crippen molar-refractivity contribution in [1.29, 1.82) is 0 Å². The molecule has 0 spiro atoms. The van der Waals surface area contributed by atoms with E-state index in [1.165, 1.54) is 6.07 Å². The zero-order valence-electron chi connectivity index (χ0n) is 10.3. The zero-order chi connectivity index (χ0) is 12.3. The van der Waals surface area contributed by atoms with Gasteiger partial charge in [-0.05, 0) is 50.3 Å². The predicted molar refractivity (Wildman–Crippen MR) is 68.2 cm³/mol. The van der Waals surface area contributed by atoms with Crippen molar-refractivity contribution in [2.24, 2.45) is 5.73 Å². The lowest BCUT2D eigenvalue weighted by atomic mass is 9.91. The molecule has 0 saturated heterocycles. The smallest absolute Gasteiger partial charge is 0.123 e. The minimum atomic E-state index is -0.165. The minimum absolute atomic E-state index is 0.165. The van der Waals surface area contributed by atoms with Crippen LogP contribution < -0.4 is 11.1 Å². The maximum atomic E-state index is 13.1. The first kappa shape index (κ1) is 12.5. The van der Waals surface area contributed by atoms with E-state index in [9.17, 15) is 4.39 Å². The third-order valence-corrected chi connectivity index (χ3v) is 3.61. The van der Waals surface area contributed by atoms with Crippen molar-refractivity contribution in [2.45, 2.75) is 50.7 Å². The fourth-order valence-corrected chi connectivity index (χ4v) is 2.51. The Morgan fingerprint density at radius 2 is 2.00 bits per heavy atom. The van der Waals surface area contributed by atoms with Crippen LogP contribution in [0.3, 0.4) is 0 Å². The molecule has 1 atom stereocenters. The van der Waals surface area contributed by atoms with Gasteiger partial charge in [0.15, 0.2) is 0 Å². The molecule has 1 aliphatic carbocycles. The number of rotatable bonds is 3. The third kappa shape index (κ3) is 3.51. The molecule has 94 valence electrons. The van der Waals surface area contributed by atoms with E-state index < -0.39 is 0 Å². The molecule has 0 heterocycles. The van der Waals surface area contributed by atoms with E-state index in [4.69, 9.17) is 5.73 Å². The van der Waals surface area contributed by atoms with Crippen molar-refractivity contribution >= 4 is 0 Å². The summed E-state index contributed by atoms with van der Waals surface area (Å²) in [5.74, 6) is -0.165. The second-order valence-corrected chi connectivity index (χ2v) is 5.06. The van der Waals surface area contributed by atoms with Crippen molar-refractivity contribution in [1.82, 2.24) is 5.32 Å². The van der Waals surface area contributed by atoms with E-state index in [0.717, 1.165) is 31.2 Å². The summed E-state index contributed by atoms with van der Waals surface area (Å²) in [4.78, 5) is 0. The van der Waals surface area contributed by atoms with Crippen LogP contribution in [0.4, 0.5) is 4.39 Å². The Morgan fingerprint density at radius 1 is 1.29 bits per heavy atom. The highest BCUT2D eigenvalue weighted by Gasteiger charge is 2.20. The van der Waals surface area contributed by atoms with Gasteiger partial charge in [-0.1, -0.05) is 12.1 Å². The highest BCUT2D eigenvalue weighted by atomic mass is 19.1. The molecule has 3 N–H and O–H groups in total. The van der Waals surface area contributed by atoms with Crippen LogP contribution in [0.1, 0.15) is 44.2 Å². The van der Waals surface area contributed by atoms with Gasteiger partial charge in [-0.15, -0.1) is 0 Å². The molecule has 1 fully saturated rings. The molecule has 0 unspecified atom stereocenters. The summed E-state index contributed by atoms with van der Waals surface area (Å²) >= 11 is 0. The van der Waals surface area contributed by atoms with Crippen molar-refractivity contribution in [2.75, 3.05) is 0 Å². The molecule has 1 aliphatic rings. The average Bonchev–Trinajstić information content (AvgIpc) is 2.32. The molecule has 17 heavy (non-hydrogen) atoms. The van der Waals surface area contributed by atoms with Crippen LogP contribution in [0.2, 0.25) is 0 Å². The zero-order valence-corrected chi connectivity index (χ0v) is 10.3. The Bertz CT molecular complexity index is 359. The highest BCUT2D eigenvalue weighted by molar-refractivity contribution is 5.19. The topological polar surface area (TPSA) is 38.0 Å². The van der Waals surface area contributed by atoms with Crippen LogP contribution in [0.25, 0.3) is 0 Å². The number of hydrogen-bond donors (Lipinski definition) is 2. The predicted octanol–water partition coefficient (Wildman–Crippen LogP) is 2.75. The molecule has 2 rings (SSSR count). The molecule has 0 bridgehead atoms. The molecule has 0 radical (unpaired) electrons. The number of hydrogen-bond acceptors (Lipinski definition) is 2. The summed E-state index contributed by atoms with van der Waals surface area (Å²) < 4.78 is 13.1. The molecule has 1 aromatic carbocycles. The lowest BCUT2D eigenvalue weighted by Gasteiger charge is -2.29. The Hall–Kier alpha value is -0.930. The first-order valence-electron chi connectivity index (χ1n) is 6.42. The highest BCUT2D eigenvalue weighted by Crippen LogP contribution is 2.21. The van der Waals surface area contributed by atoms with E-state index in [1.807, 2.05) is 6.07 Å². The largest absolute Gasteiger partial charge is 0.328 e. The molecular formula is C14H21FN2. The van der Waals surface area contributed by atoms with Gasteiger partial charge in [-0.25, -0.2) is 4.39 Å². The molecule has 0 amide bonds. The van der Waals surface area contributed by atoms with Crippen LogP contribution >= 0.6 is 0 Å². The van der Waals surface area contributed by atoms with Gasteiger partial charge >= 0.3 is 0 Å². The van der Waals surface area contributed by atoms with E-state index in [-0.39, 0.29) is 11.9 Å². The lowest BCUT2D eigenvalue weighted by Crippen LogP contribution is -2.38. The van der Waals surface area contributed by atoms with Gasteiger partial charge < -0.3 is 11.1 Å². The third-order valence-electron chi connectivity index (χ3n) is 3.61. The molecule has 1 aromatic rings. The van der Waals surface area contributed by atoms with Crippen molar-refractivity contribution in [3.63, 3.8) is 0 Å². The Balaban J connectivity index is 1.90. The monoisotopic (exact) mass is 236 g/mol. The van der Waals surface area contributed by atoms with Gasteiger partial charge in [0, 0.05) is 18.1 Å². The van der Waals surface area contributed by atoms with Gasteiger partial charge in [0.1, 0.15) is 5.82 Å². The SMILES string of the molecule is C[C@H](NC1CCC(N)CC1)c1cccc(F)c1. The quantitative estimate of drug-likeness (QED) is 0.847. The Labute approximate surface area is 102 Å². The van der Waals surface area contributed by atoms with Crippen molar-refractivity contribution in [3.8, 4) is 0 Å². The number of halogens is 1. The summed E-state index contributed by atoms with van der Waals surface area (Å²) in [5.41, 5.74) is 6.90. The minimum Gasteiger partial charge on any atom is -0.328 e.